The quantitative estimate of drug-likeness (QED) is 0.671. The third kappa shape index (κ3) is 5.50. The van der Waals surface area contributed by atoms with Crippen LogP contribution in [0.5, 0.6) is 0 Å². The lowest BCUT2D eigenvalue weighted by atomic mass is 9.99. The first-order chi connectivity index (χ1) is 14.4. The largest absolute Gasteiger partial charge is 0.337 e. The van der Waals surface area contributed by atoms with Gasteiger partial charge in [0.05, 0.1) is 0 Å². The van der Waals surface area contributed by atoms with Crippen LogP contribution < -0.4 is 4.72 Å². The molecule has 1 amide bonds. The second-order valence-electron chi connectivity index (χ2n) is 7.02. The average molecular weight is 449 g/mol. The van der Waals surface area contributed by atoms with Gasteiger partial charge in [-0.1, -0.05) is 48.5 Å². The first-order valence-electron chi connectivity index (χ1n) is 9.71. The van der Waals surface area contributed by atoms with Crippen molar-refractivity contribution in [1.82, 2.24) is 9.62 Å². The SMILES string of the molecule is CSCCC(NS(=O)(=O)c1ccccc1F)C(=O)N1CC=C(c2ccccc2)CC1. The number of carbonyl (C=O) groups is 1. The standard InChI is InChI=1S/C22H25FN2O3S2/c1-29-16-13-20(24-30(27,28)21-10-6-5-9-19(21)23)22(26)25-14-11-18(12-15-25)17-7-3-2-4-8-17/h2-11,20,24H,12-16H2,1H3. The smallest absolute Gasteiger partial charge is 0.244 e. The second-order valence-corrected chi connectivity index (χ2v) is 9.68. The molecule has 0 saturated carbocycles. The van der Waals surface area contributed by atoms with Gasteiger partial charge in [-0.2, -0.15) is 16.5 Å². The molecule has 1 heterocycles. The van der Waals surface area contributed by atoms with Crippen LogP contribution in [0.1, 0.15) is 18.4 Å². The van der Waals surface area contributed by atoms with E-state index in [0.717, 1.165) is 11.6 Å². The lowest BCUT2D eigenvalue weighted by Gasteiger charge is -2.30. The van der Waals surface area contributed by atoms with E-state index in [1.165, 1.54) is 35.5 Å². The second kappa shape index (κ2) is 10.2. The number of thioether (sulfide) groups is 1. The van der Waals surface area contributed by atoms with E-state index >= 15 is 0 Å². The zero-order valence-corrected chi connectivity index (χ0v) is 18.4. The van der Waals surface area contributed by atoms with Crippen molar-refractivity contribution in [2.24, 2.45) is 0 Å². The topological polar surface area (TPSA) is 66.5 Å². The Bertz CT molecular complexity index is 1010. The van der Waals surface area contributed by atoms with E-state index in [0.29, 0.717) is 31.7 Å². The van der Waals surface area contributed by atoms with Crippen molar-refractivity contribution in [2.45, 2.75) is 23.8 Å². The lowest BCUT2D eigenvalue weighted by Crippen LogP contribution is -2.49. The number of rotatable bonds is 8. The predicted octanol–water partition coefficient (Wildman–Crippen LogP) is 3.54. The summed E-state index contributed by atoms with van der Waals surface area (Å²) in [5.41, 5.74) is 2.30. The maximum atomic E-state index is 14.0. The molecule has 0 aromatic heterocycles. The molecule has 2 aromatic rings. The molecule has 160 valence electrons. The summed E-state index contributed by atoms with van der Waals surface area (Å²) in [4.78, 5) is 14.3. The number of carbonyl (C=O) groups excluding carboxylic acids is 1. The molecule has 0 aliphatic carbocycles. The Balaban J connectivity index is 1.75. The Labute approximate surface area is 181 Å². The Morgan fingerprint density at radius 3 is 2.50 bits per heavy atom. The van der Waals surface area contributed by atoms with Gasteiger partial charge in [0.1, 0.15) is 16.8 Å². The normalized spacial score (nSPS) is 15.5. The van der Waals surface area contributed by atoms with Crippen molar-refractivity contribution in [3.05, 3.63) is 72.1 Å². The summed E-state index contributed by atoms with van der Waals surface area (Å²) in [6.07, 6.45) is 4.93. The summed E-state index contributed by atoms with van der Waals surface area (Å²) < 4.78 is 41.9. The van der Waals surface area contributed by atoms with Gasteiger partial charge < -0.3 is 4.90 Å². The lowest BCUT2D eigenvalue weighted by molar-refractivity contribution is -0.132. The molecule has 1 aliphatic heterocycles. The van der Waals surface area contributed by atoms with Crippen LogP contribution in [0.15, 0.2) is 65.6 Å². The number of nitrogens with one attached hydrogen (secondary N) is 1. The minimum atomic E-state index is -4.16. The van der Waals surface area contributed by atoms with Crippen molar-refractivity contribution < 1.29 is 17.6 Å². The van der Waals surface area contributed by atoms with Gasteiger partial charge in [0.25, 0.3) is 0 Å². The average Bonchev–Trinajstić information content (AvgIpc) is 2.77. The summed E-state index contributed by atoms with van der Waals surface area (Å²) >= 11 is 1.53. The first kappa shape index (κ1) is 22.5. The molecule has 1 unspecified atom stereocenters. The molecule has 2 aromatic carbocycles. The molecule has 1 aliphatic rings. The summed E-state index contributed by atoms with van der Waals surface area (Å²) in [5, 5.41) is 0. The molecule has 30 heavy (non-hydrogen) atoms. The van der Waals surface area contributed by atoms with Gasteiger partial charge in [-0.3, -0.25) is 4.79 Å². The van der Waals surface area contributed by atoms with Crippen LogP contribution in [0.3, 0.4) is 0 Å². The van der Waals surface area contributed by atoms with Crippen LogP contribution >= 0.6 is 11.8 Å². The number of sulfonamides is 1. The van der Waals surface area contributed by atoms with Gasteiger partial charge >= 0.3 is 0 Å². The Hall–Kier alpha value is -2.16. The van der Waals surface area contributed by atoms with Gasteiger partial charge in [0, 0.05) is 13.1 Å². The zero-order valence-electron chi connectivity index (χ0n) is 16.8. The fraction of sp³-hybridized carbons (Fsp3) is 0.318. The Morgan fingerprint density at radius 1 is 1.17 bits per heavy atom. The van der Waals surface area contributed by atoms with Crippen LogP contribution in [-0.4, -0.2) is 50.4 Å². The van der Waals surface area contributed by atoms with Gasteiger partial charge in [-0.05, 0) is 48.1 Å². The number of amides is 1. The minimum Gasteiger partial charge on any atom is -0.337 e. The Morgan fingerprint density at radius 2 is 1.87 bits per heavy atom. The molecule has 5 nitrogen and oxygen atoms in total. The van der Waals surface area contributed by atoms with Crippen molar-refractivity contribution in [3.8, 4) is 0 Å². The van der Waals surface area contributed by atoms with Crippen LogP contribution in [-0.2, 0) is 14.8 Å². The fourth-order valence-electron chi connectivity index (χ4n) is 3.39. The van der Waals surface area contributed by atoms with E-state index in [4.69, 9.17) is 0 Å². The maximum Gasteiger partial charge on any atom is 0.244 e. The highest BCUT2D eigenvalue weighted by Crippen LogP contribution is 2.23. The number of hydrogen-bond acceptors (Lipinski definition) is 4. The van der Waals surface area contributed by atoms with Crippen LogP contribution in [0.25, 0.3) is 5.57 Å². The van der Waals surface area contributed by atoms with Gasteiger partial charge in [-0.25, -0.2) is 12.8 Å². The molecule has 0 bridgehead atoms. The third-order valence-corrected chi connectivity index (χ3v) is 7.15. The van der Waals surface area contributed by atoms with E-state index in [1.54, 1.807) is 4.90 Å². The van der Waals surface area contributed by atoms with Crippen molar-refractivity contribution in [3.63, 3.8) is 0 Å². The van der Waals surface area contributed by atoms with Gasteiger partial charge in [0.15, 0.2) is 0 Å². The molecule has 1 N–H and O–H groups in total. The minimum absolute atomic E-state index is 0.285. The number of hydrogen-bond donors (Lipinski definition) is 1. The van der Waals surface area contributed by atoms with E-state index in [-0.39, 0.29) is 5.91 Å². The maximum absolute atomic E-state index is 14.0. The fourth-order valence-corrected chi connectivity index (χ4v) is 5.16. The van der Waals surface area contributed by atoms with Crippen molar-refractivity contribution in [1.29, 1.82) is 0 Å². The molecular formula is C22H25FN2O3S2. The molecule has 1 atom stereocenters. The van der Waals surface area contributed by atoms with E-state index < -0.39 is 26.8 Å². The predicted molar refractivity (Wildman–Crippen MR) is 119 cm³/mol. The highest BCUT2D eigenvalue weighted by atomic mass is 32.2. The molecule has 0 radical (unpaired) electrons. The molecular weight excluding hydrogens is 423 g/mol. The molecule has 3 rings (SSSR count). The molecule has 8 heteroatoms. The third-order valence-electron chi connectivity index (χ3n) is 5.00. The zero-order chi connectivity index (χ0) is 21.6. The van der Waals surface area contributed by atoms with Crippen LogP contribution in [0.4, 0.5) is 4.39 Å². The number of nitrogens with zero attached hydrogens (tertiary/aromatic N) is 1. The van der Waals surface area contributed by atoms with E-state index in [1.807, 2.05) is 42.7 Å². The number of halogens is 1. The van der Waals surface area contributed by atoms with Crippen LogP contribution in [0.2, 0.25) is 0 Å². The highest BCUT2D eigenvalue weighted by molar-refractivity contribution is 7.98. The summed E-state index contributed by atoms with van der Waals surface area (Å²) in [5.74, 6) is -0.517. The van der Waals surface area contributed by atoms with Crippen molar-refractivity contribution in [2.75, 3.05) is 25.1 Å². The monoisotopic (exact) mass is 448 g/mol. The number of benzene rings is 2. The highest BCUT2D eigenvalue weighted by Gasteiger charge is 2.31. The van der Waals surface area contributed by atoms with E-state index in [9.17, 15) is 17.6 Å². The van der Waals surface area contributed by atoms with Crippen molar-refractivity contribution >= 4 is 33.3 Å². The molecule has 0 spiro atoms. The molecule has 0 fully saturated rings. The summed E-state index contributed by atoms with van der Waals surface area (Å²) in [6.45, 7) is 0.928. The van der Waals surface area contributed by atoms with Crippen LogP contribution in [0, 0.1) is 5.82 Å². The van der Waals surface area contributed by atoms with E-state index in [2.05, 4.69) is 4.72 Å². The summed E-state index contributed by atoms with van der Waals surface area (Å²) in [7, 11) is -4.16. The van der Waals surface area contributed by atoms with Gasteiger partial charge in [-0.15, -0.1) is 0 Å². The molecule has 0 saturated heterocycles. The first-order valence-corrected chi connectivity index (χ1v) is 12.6. The Kier molecular flexibility index (Phi) is 7.69. The summed E-state index contributed by atoms with van der Waals surface area (Å²) in [6, 6.07) is 14.2. The van der Waals surface area contributed by atoms with Gasteiger partial charge in [0.2, 0.25) is 15.9 Å².